The molecular formula is C19H29N3O. The first-order valence-corrected chi connectivity index (χ1v) is 9.08. The minimum Gasteiger partial charge on any atom is -0.351 e. The van der Waals surface area contributed by atoms with Gasteiger partial charge in [0.15, 0.2) is 0 Å². The van der Waals surface area contributed by atoms with Gasteiger partial charge in [0.2, 0.25) is 5.91 Å². The van der Waals surface area contributed by atoms with Crippen molar-refractivity contribution in [2.24, 2.45) is 0 Å². The molecule has 1 aromatic carbocycles. The van der Waals surface area contributed by atoms with Crippen LogP contribution in [-0.4, -0.2) is 54.5 Å². The summed E-state index contributed by atoms with van der Waals surface area (Å²) in [5.74, 6) is 0.152. The molecule has 2 aliphatic heterocycles. The average Bonchev–Trinajstić information content (AvgIpc) is 3.02. The summed E-state index contributed by atoms with van der Waals surface area (Å²) in [6.45, 7) is 5.87. The zero-order chi connectivity index (χ0) is 15.9. The lowest BCUT2D eigenvalue weighted by molar-refractivity contribution is -0.122. The number of piperidine rings is 1. The second-order valence-electron chi connectivity index (χ2n) is 6.89. The lowest BCUT2D eigenvalue weighted by atomic mass is 10.1. The number of hydrogen-bond acceptors (Lipinski definition) is 3. The Morgan fingerprint density at radius 1 is 1.04 bits per heavy atom. The van der Waals surface area contributed by atoms with Crippen molar-refractivity contribution in [2.75, 3.05) is 32.7 Å². The molecule has 0 saturated carbocycles. The lowest BCUT2D eigenvalue weighted by Crippen LogP contribution is -2.45. The third-order valence-corrected chi connectivity index (χ3v) is 5.10. The van der Waals surface area contributed by atoms with Crippen LogP contribution in [0.2, 0.25) is 0 Å². The third-order valence-electron chi connectivity index (χ3n) is 5.10. The highest BCUT2D eigenvalue weighted by molar-refractivity contribution is 5.78. The Labute approximate surface area is 139 Å². The first kappa shape index (κ1) is 16.5. The van der Waals surface area contributed by atoms with Gasteiger partial charge in [-0.3, -0.25) is 9.69 Å². The molecule has 1 aromatic rings. The summed E-state index contributed by atoms with van der Waals surface area (Å²) in [4.78, 5) is 17.2. The van der Waals surface area contributed by atoms with Crippen LogP contribution in [0.5, 0.6) is 0 Å². The maximum absolute atomic E-state index is 12.2. The van der Waals surface area contributed by atoms with Crippen LogP contribution in [0, 0.1) is 0 Å². The van der Waals surface area contributed by atoms with Gasteiger partial charge in [-0.2, -0.15) is 0 Å². The number of benzene rings is 1. The van der Waals surface area contributed by atoms with Crippen LogP contribution in [0.4, 0.5) is 0 Å². The Hall–Kier alpha value is -1.39. The van der Waals surface area contributed by atoms with Crippen LogP contribution in [0.25, 0.3) is 0 Å². The van der Waals surface area contributed by atoms with Crippen LogP contribution < -0.4 is 5.32 Å². The van der Waals surface area contributed by atoms with E-state index in [4.69, 9.17) is 0 Å². The first-order chi connectivity index (χ1) is 11.3. The molecule has 4 heteroatoms. The number of likely N-dealkylation sites (tertiary alicyclic amines) is 2. The Bertz CT molecular complexity index is 485. The van der Waals surface area contributed by atoms with Gasteiger partial charge in [-0.25, -0.2) is 0 Å². The maximum Gasteiger partial charge on any atom is 0.234 e. The fourth-order valence-electron chi connectivity index (χ4n) is 3.79. The van der Waals surface area contributed by atoms with Gasteiger partial charge in [-0.1, -0.05) is 36.8 Å². The number of hydrogen-bond donors (Lipinski definition) is 1. The summed E-state index contributed by atoms with van der Waals surface area (Å²) < 4.78 is 0. The summed E-state index contributed by atoms with van der Waals surface area (Å²) in [5, 5.41) is 3.06. The maximum atomic E-state index is 12.2. The van der Waals surface area contributed by atoms with Gasteiger partial charge in [0.05, 0.1) is 6.54 Å². The van der Waals surface area contributed by atoms with Gasteiger partial charge in [0.1, 0.15) is 0 Å². The summed E-state index contributed by atoms with van der Waals surface area (Å²) in [7, 11) is 0. The van der Waals surface area contributed by atoms with Gasteiger partial charge in [0, 0.05) is 19.1 Å². The van der Waals surface area contributed by atoms with E-state index in [-0.39, 0.29) is 5.91 Å². The highest BCUT2D eigenvalue weighted by atomic mass is 16.2. The van der Waals surface area contributed by atoms with E-state index in [1.165, 1.54) is 45.2 Å². The van der Waals surface area contributed by atoms with E-state index in [9.17, 15) is 4.79 Å². The smallest absolute Gasteiger partial charge is 0.234 e. The second-order valence-corrected chi connectivity index (χ2v) is 6.89. The predicted molar refractivity (Wildman–Crippen MR) is 93.2 cm³/mol. The molecule has 1 atom stereocenters. The van der Waals surface area contributed by atoms with Gasteiger partial charge in [-0.15, -0.1) is 0 Å². The molecule has 1 N–H and O–H groups in total. The number of nitrogens with zero attached hydrogens (tertiary/aromatic N) is 2. The van der Waals surface area contributed by atoms with E-state index in [1.54, 1.807) is 0 Å². The van der Waals surface area contributed by atoms with E-state index in [0.717, 1.165) is 18.7 Å². The van der Waals surface area contributed by atoms with E-state index < -0.39 is 0 Å². The minimum atomic E-state index is 0.152. The summed E-state index contributed by atoms with van der Waals surface area (Å²) in [6, 6.07) is 10.7. The van der Waals surface area contributed by atoms with Crippen LogP contribution in [0.15, 0.2) is 30.3 Å². The molecule has 1 amide bonds. The van der Waals surface area contributed by atoms with Crippen LogP contribution >= 0.6 is 0 Å². The molecule has 0 radical (unpaired) electrons. The van der Waals surface area contributed by atoms with Crippen molar-refractivity contribution in [1.29, 1.82) is 0 Å². The zero-order valence-electron chi connectivity index (χ0n) is 14.0. The zero-order valence-corrected chi connectivity index (χ0v) is 14.0. The molecule has 1 unspecified atom stereocenters. The summed E-state index contributed by atoms with van der Waals surface area (Å²) in [5.41, 5.74) is 1.16. The molecule has 0 aliphatic carbocycles. The van der Waals surface area contributed by atoms with Crippen LogP contribution in [0.1, 0.15) is 37.7 Å². The van der Waals surface area contributed by atoms with Gasteiger partial charge in [-0.05, 0) is 50.9 Å². The number of nitrogens with one attached hydrogen (secondary N) is 1. The van der Waals surface area contributed by atoms with E-state index in [1.807, 2.05) is 18.2 Å². The van der Waals surface area contributed by atoms with Crippen LogP contribution in [0.3, 0.4) is 0 Å². The fraction of sp³-hybridized carbons (Fsp3) is 0.632. The van der Waals surface area contributed by atoms with E-state index in [2.05, 4.69) is 27.2 Å². The SMILES string of the molecule is O=C(CN1CCCC1CN1CCCCC1)NCc1ccccc1. The first-order valence-electron chi connectivity index (χ1n) is 9.08. The van der Waals surface area contributed by atoms with E-state index >= 15 is 0 Å². The minimum absolute atomic E-state index is 0.152. The molecule has 3 rings (SSSR count). The molecule has 23 heavy (non-hydrogen) atoms. The highest BCUT2D eigenvalue weighted by Crippen LogP contribution is 2.19. The number of rotatable bonds is 6. The number of carbonyl (C=O) groups is 1. The molecule has 2 fully saturated rings. The van der Waals surface area contributed by atoms with Crippen molar-refractivity contribution < 1.29 is 4.79 Å². The molecule has 0 spiro atoms. The standard InChI is InChI=1S/C19H29N3O/c23-19(20-14-17-8-3-1-4-9-17)16-22-13-7-10-18(22)15-21-11-5-2-6-12-21/h1,3-4,8-9,18H,2,5-7,10-16H2,(H,20,23). The molecular weight excluding hydrogens is 286 g/mol. The van der Waals surface area contributed by atoms with Gasteiger partial charge >= 0.3 is 0 Å². The van der Waals surface area contributed by atoms with E-state index in [0.29, 0.717) is 19.1 Å². The predicted octanol–water partition coefficient (Wildman–Crippen LogP) is 2.25. The van der Waals surface area contributed by atoms with Crippen molar-refractivity contribution in [3.8, 4) is 0 Å². The molecule has 0 bridgehead atoms. The normalized spacial score (nSPS) is 23.0. The molecule has 126 valence electrons. The summed E-state index contributed by atoms with van der Waals surface area (Å²) >= 11 is 0. The monoisotopic (exact) mass is 315 g/mol. The van der Waals surface area contributed by atoms with Crippen molar-refractivity contribution in [2.45, 2.75) is 44.7 Å². The number of carbonyl (C=O) groups excluding carboxylic acids is 1. The lowest BCUT2D eigenvalue weighted by Gasteiger charge is -2.32. The summed E-state index contributed by atoms with van der Waals surface area (Å²) in [6.07, 6.45) is 6.52. The Balaban J connectivity index is 1.43. The van der Waals surface area contributed by atoms with Gasteiger partial charge in [0.25, 0.3) is 0 Å². The molecule has 4 nitrogen and oxygen atoms in total. The van der Waals surface area contributed by atoms with Crippen LogP contribution in [-0.2, 0) is 11.3 Å². The fourth-order valence-corrected chi connectivity index (χ4v) is 3.79. The molecule has 2 aliphatic rings. The highest BCUT2D eigenvalue weighted by Gasteiger charge is 2.28. The molecule has 2 saturated heterocycles. The topological polar surface area (TPSA) is 35.6 Å². The average molecular weight is 315 g/mol. The Morgan fingerprint density at radius 2 is 1.83 bits per heavy atom. The second kappa shape index (κ2) is 8.46. The van der Waals surface area contributed by atoms with Gasteiger partial charge < -0.3 is 10.2 Å². The van der Waals surface area contributed by atoms with Crippen molar-refractivity contribution >= 4 is 5.91 Å². The van der Waals surface area contributed by atoms with Crippen molar-refractivity contribution in [3.05, 3.63) is 35.9 Å². The quantitative estimate of drug-likeness (QED) is 0.874. The Morgan fingerprint density at radius 3 is 2.61 bits per heavy atom. The molecule has 2 heterocycles. The van der Waals surface area contributed by atoms with Crippen molar-refractivity contribution in [3.63, 3.8) is 0 Å². The number of amides is 1. The molecule has 0 aromatic heterocycles. The largest absolute Gasteiger partial charge is 0.351 e. The Kier molecular flexibility index (Phi) is 6.06. The third kappa shape index (κ3) is 5.05. The van der Waals surface area contributed by atoms with Crippen molar-refractivity contribution in [1.82, 2.24) is 15.1 Å².